The molecular formula is C17H16N2O3. The lowest BCUT2D eigenvalue weighted by molar-refractivity contribution is 0.250. The van der Waals surface area contributed by atoms with Gasteiger partial charge in [-0.05, 0) is 47.5 Å². The zero-order valence-corrected chi connectivity index (χ0v) is 12.4. The third kappa shape index (κ3) is 2.65. The molecule has 0 unspecified atom stereocenters. The maximum atomic E-state index is 11.7. The van der Waals surface area contributed by atoms with Gasteiger partial charge in [0.1, 0.15) is 11.5 Å². The lowest BCUT2D eigenvalue weighted by atomic mass is 9.97. The summed E-state index contributed by atoms with van der Waals surface area (Å²) in [5.41, 5.74) is 2.55. The van der Waals surface area contributed by atoms with Crippen molar-refractivity contribution in [2.75, 3.05) is 14.2 Å². The van der Waals surface area contributed by atoms with E-state index in [9.17, 15) is 4.79 Å². The summed E-state index contributed by atoms with van der Waals surface area (Å²) < 4.78 is 10.3. The fourth-order valence-corrected chi connectivity index (χ4v) is 2.43. The molecule has 0 saturated carbocycles. The Morgan fingerprint density at radius 3 is 2.00 bits per heavy atom. The Morgan fingerprint density at radius 1 is 0.909 bits per heavy atom. The third-order valence-electron chi connectivity index (χ3n) is 3.60. The molecule has 2 aromatic rings. The van der Waals surface area contributed by atoms with Crippen molar-refractivity contribution in [3.05, 3.63) is 59.7 Å². The highest BCUT2D eigenvalue weighted by Gasteiger charge is 2.28. The van der Waals surface area contributed by atoms with E-state index in [4.69, 9.17) is 9.47 Å². The van der Waals surface area contributed by atoms with E-state index in [1.54, 1.807) is 14.2 Å². The number of aliphatic imine (C=N–C) groups is 1. The Labute approximate surface area is 128 Å². The van der Waals surface area contributed by atoms with Gasteiger partial charge in [0.25, 0.3) is 0 Å². The van der Waals surface area contributed by atoms with Crippen LogP contribution in [0.1, 0.15) is 17.2 Å². The third-order valence-corrected chi connectivity index (χ3v) is 3.60. The van der Waals surface area contributed by atoms with Gasteiger partial charge in [-0.1, -0.05) is 12.1 Å². The van der Waals surface area contributed by atoms with Crippen molar-refractivity contribution in [1.29, 1.82) is 0 Å². The summed E-state index contributed by atoms with van der Waals surface area (Å²) >= 11 is 0. The van der Waals surface area contributed by atoms with Crippen molar-refractivity contribution >= 4 is 11.7 Å². The lowest BCUT2D eigenvalue weighted by Gasteiger charge is -2.14. The van der Waals surface area contributed by atoms with Crippen LogP contribution in [0.4, 0.5) is 4.79 Å². The van der Waals surface area contributed by atoms with E-state index in [1.165, 1.54) is 0 Å². The molecular weight excluding hydrogens is 280 g/mol. The topological polar surface area (TPSA) is 59.9 Å². The number of hydrogen-bond acceptors (Lipinski definition) is 3. The first kappa shape index (κ1) is 14.1. The SMILES string of the molecule is COc1ccc(C2=NC(=O)N[C@H]2c2ccc(OC)cc2)cc1. The lowest BCUT2D eigenvalue weighted by Crippen LogP contribution is -2.24. The average molecular weight is 296 g/mol. The van der Waals surface area contributed by atoms with Crippen LogP contribution in [0, 0.1) is 0 Å². The maximum absolute atomic E-state index is 11.7. The zero-order chi connectivity index (χ0) is 15.5. The summed E-state index contributed by atoms with van der Waals surface area (Å²) in [6, 6.07) is 14.5. The summed E-state index contributed by atoms with van der Waals surface area (Å²) in [5.74, 6) is 1.54. The largest absolute Gasteiger partial charge is 0.497 e. The molecule has 1 aliphatic rings. The Bertz CT molecular complexity index is 706. The first-order chi connectivity index (χ1) is 10.7. The molecule has 1 heterocycles. The molecule has 1 aliphatic heterocycles. The highest BCUT2D eigenvalue weighted by molar-refractivity contribution is 6.14. The summed E-state index contributed by atoms with van der Waals surface area (Å²) in [6.07, 6.45) is 0. The van der Waals surface area contributed by atoms with Gasteiger partial charge in [-0.3, -0.25) is 0 Å². The molecule has 2 amide bonds. The highest BCUT2D eigenvalue weighted by Crippen LogP contribution is 2.26. The van der Waals surface area contributed by atoms with Crippen molar-refractivity contribution in [2.24, 2.45) is 4.99 Å². The van der Waals surface area contributed by atoms with Gasteiger partial charge in [0.05, 0.1) is 26.0 Å². The van der Waals surface area contributed by atoms with E-state index in [-0.39, 0.29) is 12.1 Å². The molecule has 22 heavy (non-hydrogen) atoms. The number of carbonyl (C=O) groups is 1. The van der Waals surface area contributed by atoms with Crippen LogP contribution < -0.4 is 14.8 Å². The monoisotopic (exact) mass is 296 g/mol. The van der Waals surface area contributed by atoms with E-state index in [2.05, 4.69) is 10.3 Å². The van der Waals surface area contributed by atoms with E-state index in [0.29, 0.717) is 5.71 Å². The number of nitrogens with zero attached hydrogens (tertiary/aromatic N) is 1. The number of ether oxygens (including phenoxy) is 2. The fourth-order valence-electron chi connectivity index (χ4n) is 2.43. The number of hydrogen-bond donors (Lipinski definition) is 1. The smallest absolute Gasteiger partial charge is 0.342 e. The van der Waals surface area contributed by atoms with Gasteiger partial charge in [-0.15, -0.1) is 0 Å². The molecule has 1 atom stereocenters. The van der Waals surface area contributed by atoms with Crippen molar-refractivity contribution < 1.29 is 14.3 Å². The van der Waals surface area contributed by atoms with Crippen molar-refractivity contribution in [2.45, 2.75) is 6.04 Å². The minimum atomic E-state index is -0.327. The Morgan fingerprint density at radius 2 is 1.45 bits per heavy atom. The molecule has 1 N–H and O–H groups in total. The quantitative estimate of drug-likeness (QED) is 0.943. The molecule has 0 fully saturated rings. The summed E-state index contributed by atoms with van der Waals surface area (Å²) in [6.45, 7) is 0. The van der Waals surface area contributed by atoms with E-state index in [0.717, 1.165) is 22.6 Å². The number of methoxy groups -OCH3 is 2. The Kier molecular flexibility index (Phi) is 3.78. The van der Waals surface area contributed by atoms with E-state index >= 15 is 0 Å². The Balaban J connectivity index is 1.93. The zero-order valence-electron chi connectivity index (χ0n) is 12.4. The number of amides is 2. The second-order valence-corrected chi connectivity index (χ2v) is 4.88. The summed E-state index contributed by atoms with van der Waals surface area (Å²) in [4.78, 5) is 15.8. The molecule has 0 spiro atoms. The second kappa shape index (κ2) is 5.89. The van der Waals surface area contributed by atoms with Crippen LogP contribution in [-0.4, -0.2) is 26.0 Å². The molecule has 0 saturated heterocycles. The van der Waals surface area contributed by atoms with Gasteiger partial charge in [0, 0.05) is 0 Å². The van der Waals surface area contributed by atoms with Gasteiger partial charge in [-0.2, -0.15) is 4.99 Å². The van der Waals surface area contributed by atoms with Crippen LogP contribution in [0.3, 0.4) is 0 Å². The van der Waals surface area contributed by atoms with Crippen LogP contribution in [0.15, 0.2) is 53.5 Å². The summed E-state index contributed by atoms with van der Waals surface area (Å²) in [5, 5.41) is 2.87. The molecule has 3 rings (SSSR count). The highest BCUT2D eigenvalue weighted by atomic mass is 16.5. The van der Waals surface area contributed by atoms with E-state index in [1.807, 2.05) is 48.5 Å². The minimum absolute atomic E-state index is 0.258. The van der Waals surface area contributed by atoms with Crippen LogP contribution >= 0.6 is 0 Å². The minimum Gasteiger partial charge on any atom is -0.497 e. The standard InChI is InChI=1S/C17H16N2O3/c1-21-13-7-3-11(4-8-13)15-16(19-17(20)18-15)12-5-9-14(22-2)10-6-12/h3-10,15H,1-2H3,(H,18,20)/t15-/m0/s1. The molecule has 0 aliphatic carbocycles. The van der Waals surface area contributed by atoms with Crippen LogP contribution in [0.5, 0.6) is 11.5 Å². The number of urea groups is 1. The van der Waals surface area contributed by atoms with Crippen LogP contribution in [0.25, 0.3) is 0 Å². The molecule has 0 aromatic heterocycles. The van der Waals surface area contributed by atoms with Gasteiger partial charge in [-0.25, -0.2) is 4.79 Å². The maximum Gasteiger partial charge on any atom is 0.342 e. The molecule has 0 radical (unpaired) electrons. The second-order valence-electron chi connectivity index (χ2n) is 4.88. The van der Waals surface area contributed by atoms with Crippen molar-refractivity contribution in [3.63, 3.8) is 0 Å². The number of benzene rings is 2. The van der Waals surface area contributed by atoms with Crippen LogP contribution in [-0.2, 0) is 0 Å². The predicted octanol–water partition coefficient (Wildman–Crippen LogP) is 2.96. The van der Waals surface area contributed by atoms with Gasteiger partial charge in [0.2, 0.25) is 0 Å². The molecule has 112 valence electrons. The van der Waals surface area contributed by atoms with Crippen LogP contribution in [0.2, 0.25) is 0 Å². The first-order valence-corrected chi connectivity index (χ1v) is 6.88. The van der Waals surface area contributed by atoms with Crippen molar-refractivity contribution in [3.8, 4) is 11.5 Å². The summed E-state index contributed by atoms with van der Waals surface area (Å²) in [7, 11) is 3.24. The fraction of sp³-hybridized carbons (Fsp3) is 0.176. The molecule has 0 bridgehead atoms. The number of rotatable bonds is 4. The average Bonchev–Trinajstić information content (AvgIpc) is 2.97. The van der Waals surface area contributed by atoms with E-state index < -0.39 is 0 Å². The van der Waals surface area contributed by atoms with Gasteiger partial charge >= 0.3 is 6.03 Å². The molecule has 5 nitrogen and oxygen atoms in total. The predicted molar refractivity (Wildman–Crippen MR) is 83.8 cm³/mol. The molecule has 2 aromatic carbocycles. The molecule has 5 heteroatoms. The number of carbonyl (C=O) groups excluding carboxylic acids is 1. The first-order valence-electron chi connectivity index (χ1n) is 6.88. The number of nitrogens with one attached hydrogen (secondary N) is 1. The van der Waals surface area contributed by atoms with Crippen molar-refractivity contribution in [1.82, 2.24) is 5.32 Å². The normalized spacial score (nSPS) is 16.9. The van der Waals surface area contributed by atoms with Gasteiger partial charge in [0.15, 0.2) is 0 Å². The Hall–Kier alpha value is -2.82. The van der Waals surface area contributed by atoms with Gasteiger partial charge < -0.3 is 14.8 Å².